The van der Waals surface area contributed by atoms with Gasteiger partial charge in [-0.15, -0.1) is 0 Å². The van der Waals surface area contributed by atoms with Gasteiger partial charge in [0.15, 0.2) is 11.6 Å². The van der Waals surface area contributed by atoms with Crippen molar-refractivity contribution in [1.82, 2.24) is 10.9 Å². The summed E-state index contributed by atoms with van der Waals surface area (Å²) in [5.41, 5.74) is 19.7. The lowest BCUT2D eigenvalue weighted by Crippen LogP contribution is -2.54. The zero-order chi connectivity index (χ0) is 38.5. The summed E-state index contributed by atoms with van der Waals surface area (Å²) in [6, 6.07) is 38.5. The van der Waals surface area contributed by atoms with Gasteiger partial charge in [-0.3, -0.25) is 10.2 Å². The van der Waals surface area contributed by atoms with Gasteiger partial charge < -0.3 is 24.1 Å². The molecule has 12 nitrogen and oxygen atoms in total. The van der Waals surface area contributed by atoms with E-state index in [0.29, 0.717) is 54.7 Å². The Morgan fingerprint density at radius 2 is 1.55 bits per heavy atom. The van der Waals surface area contributed by atoms with Crippen molar-refractivity contribution < 1.29 is 28.8 Å². The normalized spacial score (nSPS) is 16.0. The fourth-order valence-electron chi connectivity index (χ4n) is 6.57. The summed E-state index contributed by atoms with van der Waals surface area (Å²) in [4.78, 5) is 23.0. The SMILES string of the molecule is COc1ccc(OC)c(CCNNC(=O)[C@@]2(Cc3ccccc3CN=[N+]=[N-])N=C(c3ccc(OCCCO)cc3)O[C@H]2c2ccc(-c3ccccc3)cc2)c1. The molecule has 0 unspecified atom stereocenters. The summed E-state index contributed by atoms with van der Waals surface area (Å²) in [5, 5.41) is 13.0. The van der Waals surface area contributed by atoms with Crippen LogP contribution in [0.25, 0.3) is 21.6 Å². The van der Waals surface area contributed by atoms with Crippen molar-refractivity contribution in [3.63, 3.8) is 0 Å². The summed E-state index contributed by atoms with van der Waals surface area (Å²) < 4.78 is 23.5. The molecule has 0 aromatic heterocycles. The molecule has 3 N–H and O–H groups in total. The van der Waals surface area contributed by atoms with E-state index in [1.165, 1.54) is 0 Å². The molecule has 0 saturated carbocycles. The number of ether oxygens (including phenoxy) is 4. The van der Waals surface area contributed by atoms with Crippen LogP contribution >= 0.6 is 0 Å². The van der Waals surface area contributed by atoms with E-state index in [4.69, 9.17) is 34.6 Å². The molecule has 1 aliphatic rings. The van der Waals surface area contributed by atoms with Crippen LogP contribution in [0.5, 0.6) is 17.2 Å². The molecule has 0 spiro atoms. The third-order valence-electron chi connectivity index (χ3n) is 9.44. The lowest BCUT2D eigenvalue weighted by Gasteiger charge is -2.31. The first-order valence-corrected chi connectivity index (χ1v) is 18.1. The molecule has 55 heavy (non-hydrogen) atoms. The number of hydrogen-bond donors (Lipinski definition) is 3. The van der Waals surface area contributed by atoms with Crippen LogP contribution < -0.4 is 25.1 Å². The van der Waals surface area contributed by atoms with Crippen LogP contribution in [0.2, 0.25) is 0 Å². The molecule has 1 amide bonds. The van der Waals surface area contributed by atoms with Gasteiger partial charge in [-0.1, -0.05) is 84.0 Å². The lowest BCUT2D eigenvalue weighted by molar-refractivity contribution is -0.130. The molecular weight excluding hydrogens is 697 g/mol. The Hall–Kier alpha value is -6.33. The van der Waals surface area contributed by atoms with E-state index in [2.05, 4.69) is 20.9 Å². The molecule has 282 valence electrons. The highest BCUT2D eigenvalue weighted by molar-refractivity contribution is 6.01. The maximum absolute atomic E-state index is 14.9. The van der Waals surface area contributed by atoms with Crippen molar-refractivity contribution in [2.75, 3.05) is 34.0 Å². The Morgan fingerprint density at radius 1 is 0.855 bits per heavy atom. The van der Waals surface area contributed by atoms with E-state index in [1.807, 2.05) is 121 Å². The predicted molar refractivity (Wildman–Crippen MR) is 211 cm³/mol. The summed E-state index contributed by atoms with van der Waals surface area (Å²) in [6.45, 7) is 0.905. The predicted octanol–water partition coefficient (Wildman–Crippen LogP) is 7.31. The molecule has 0 radical (unpaired) electrons. The molecule has 0 bridgehead atoms. The quantitative estimate of drug-likeness (QED) is 0.0279. The van der Waals surface area contributed by atoms with E-state index in [9.17, 15) is 4.79 Å². The monoisotopic (exact) mass is 740 g/mol. The van der Waals surface area contributed by atoms with Crippen molar-refractivity contribution in [2.24, 2.45) is 10.1 Å². The second kappa shape index (κ2) is 18.6. The number of hydrazine groups is 1. The van der Waals surface area contributed by atoms with Crippen LogP contribution in [-0.2, 0) is 28.9 Å². The maximum Gasteiger partial charge on any atom is 0.266 e. The average molecular weight is 741 g/mol. The number of nitrogens with one attached hydrogen (secondary N) is 2. The molecule has 1 aliphatic heterocycles. The first kappa shape index (κ1) is 38.4. The smallest absolute Gasteiger partial charge is 0.266 e. The van der Waals surface area contributed by atoms with E-state index in [1.54, 1.807) is 14.2 Å². The highest BCUT2D eigenvalue weighted by Crippen LogP contribution is 2.43. The number of azide groups is 1. The minimum atomic E-state index is -1.51. The number of aliphatic imine (C=N–C) groups is 1. The van der Waals surface area contributed by atoms with Crippen LogP contribution in [-0.4, -0.2) is 56.4 Å². The Kier molecular flexibility index (Phi) is 13.0. The number of rotatable bonds is 18. The van der Waals surface area contributed by atoms with Gasteiger partial charge in [-0.25, -0.2) is 10.4 Å². The highest BCUT2D eigenvalue weighted by atomic mass is 16.5. The molecule has 5 aromatic carbocycles. The second-order valence-corrected chi connectivity index (χ2v) is 12.9. The van der Waals surface area contributed by atoms with E-state index in [-0.39, 0.29) is 19.6 Å². The molecule has 0 fully saturated rings. The third-order valence-corrected chi connectivity index (χ3v) is 9.44. The maximum atomic E-state index is 14.9. The number of aliphatic hydroxyl groups is 1. The van der Waals surface area contributed by atoms with Gasteiger partial charge >= 0.3 is 0 Å². The Labute approximate surface area is 320 Å². The molecule has 2 atom stereocenters. The van der Waals surface area contributed by atoms with Crippen LogP contribution in [0, 0.1) is 0 Å². The van der Waals surface area contributed by atoms with Crippen molar-refractivity contribution in [2.45, 2.75) is 37.5 Å². The summed E-state index contributed by atoms with van der Waals surface area (Å²) in [7, 11) is 3.23. The fraction of sp³-hybridized carbons (Fsp3) is 0.256. The highest BCUT2D eigenvalue weighted by Gasteiger charge is 2.53. The number of nitrogens with zero attached hydrogens (tertiary/aromatic N) is 4. The first-order valence-electron chi connectivity index (χ1n) is 18.1. The number of carbonyl (C=O) groups excluding carboxylic acids is 1. The van der Waals surface area contributed by atoms with E-state index < -0.39 is 17.6 Å². The largest absolute Gasteiger partial charge is 0.497 e. The minimum absolute atomic E-state index is 0.0383. The molecule has 1 heterocycles. The number of aliphatic hydroxyl groups excluding tert-OH is 1. The van der Waals surface area contributed by atoms with Gasteiger partial charge in [0, 0.05) is 36.5 Å². The number of benzene rings is 5. The van der Waals surface area contributed by atoms with Gasteiger partial charge in [-0.2, -0.15) is 0 Å². The van der Waals surface area contributed by atoms with Crippen molar-refractivity contribution in [3.05, 3.63) is 160 Å². The molecule has 0 aliphatic carbocycles. The van der Waals surface area contributed by atoms with Crippen molar-refractivity contribution in [1.29, 1.82) is 0 Å². The van der Waals surface area contributed by atoms with Crippen LogP contribution in [0.4, 0.5) is 0 Å². The summed E-state index contributed by atoms with van der Waals surface area (Å²) in [6.07, 6.45) is 0.339. The zero-order valence-corrected chi connectivity index (χ0v) is 30.9. The Bertz CT molecular complexity index is 2120. The van der Waals surface area contributed by atoms with Crippen molar-refractivity contribution in [3.8, 4) is 28.4 Å². The molecular formula is C43H44N6O6. The molecule has 6 rings (SSSR count). The van der Waals surface area contributed by atoms with Crippen molar-refractivity contribution >= 4 is 11.8 Å². The van der Waals surface area contributed by atoms with Gasteiger partial charge in [0.1, 0.15) is 17.2 Å². The average Bonchev–Trinajstić information content (AvgIpc) is 3.63. The van der Waals surface area contributed by atoms with E-state index in [0.717, 1.165) is 33.4 Å². The number of amides is 1. The number of methoxy groups -OCH3 is 2. The number of carbonyl (C=O) groups is 1. The van der Waals surface area contributed by atoms with Gasteiger partial charge in [0.05, 0.1) is 27.4 Å². The van der Waals surface area contributed by atoms with Gasteiger partial charge in [0.25, 0.3) is 5.91 Å². The topological polar surface area (TPSA) is 159 Å². The van der Waals surface area contributed by atoms with Gasteiger partial charge in [-0.05, 0) is 87.8 Å². The van der Waals surface area contributed by atoms with Gasteiger partial charge in [0.2, 0.25) is 5.90 Å². The standard InChI is InChI=1S/C43H44N6O6/c1-52-38-21-22-39(53-2)34(27-38)23-24-45-48-42(51)43(28-35-11-6-7-12-36(35)29-46-49-44)40(32-15-13-31(14-16-32)30-9-4-3-5-10-30)55-41(47-43)33-17-19-37(20-18-33)54-26-8-25-50/h3-7,9-22,27,40,45,50H,8,23-26,28-29H2,1-2H3,(H,48,51)/t40-,43-/m0/s1. The number of hydrogen-bond acceptors (Lipinski definition) is 9. The lowest BCUT2D eigenvalue weighted by atomic mass is 9.80. The Morgan fingerprint density at radius 3 is 2.25 bits per heavy atom. The third kappa shape index (κ3) is 9.25. The van der Waals surface area contributed by atoms with Crippen LogP contribution in [0.1, 0.15) is 40.3 Å². The minimum Gasteiger partial charge on any atom is -0.497 e. The second-order valence-electron chi connectivity index (χ2n) is 12.9. The van der Waals surface area contributed by atoms with Crippen LogP contribution in [0.15, 0.2) is 131 Å². The summed E-state index contributed by atoms with van der Waals surface area (Å²) in [5.74, 6) is 1.94. The van der Waals surface area contributed by atoms with E-state index >= 15 is 0 Å². The molecule has 12 heteroatoms. The molecule has 5 aromatic rings. The first-order chi connectivity index (χ1) is 27.0. The zero-order valence-electron chi connectivity index (χ0n) is 30.9. The van der Waals surface area contributed by atoms with Crippen LogP contribution in [0.3, 0.4) is 0 Å². The summed E-state index contributed by atoms with van der Waals surface area (Å²) >= 11 is 0. The Balaban J connectivity index is 1.38. The fourth-order valence-corrected chi connectivity index (χ4v) is 6.57. The molecule has 0 saturated heterocycles.